The molecule has 0 aliphatic carbocycles. The van der Waals surface area contributed by atoms with Crippen LogP contribution in [0.3, 0.4) is 0 Å². The van der Waals surface area contributed by atoms with Gasteiger partial charge in [-0.25, -0.2) is 14.2 Å². The number of primary amides is 1. The van der Waals surface area contributed by atoms with Crippen molar-refractivity contribution in [3.63, 3.8) is 0 Å². The van der Waals surface area contributed by atoms with E-state index in [-0.39, 0.29) is 18.2 Å². The van der Waals surface area contributed by atoms with E-state index in [4.69, 9.17) is 5.73 Å². The number of carboxylic acid groups (broad SMARTS) is 1. The minimum atomic E-state index is -1.59. The molecule has 3 atom stereocenters. The van der Waals surface area contributed by atoms with Gasteiger partial charge in [0.1, 0.15) is 18.1 Å². The monoisotopic (exact) mass is 555 g/mol. The van der Waals surface area contributed by atoms with E-state index in [9.17, 15) is 33.9 Å². The number of hydrogen-bond acceptors (Lipinski definition) is 7. The molecule has 39 heavy (non-hydrogen) atoms. The van der Waals surface area contributed by atoms with E-state index in [2.05, 4.69) is 15.6 Å². The zero-order valence-electron chi connectivity index (χ0n) is 21.1. The number of fused-ring (bicyclic) bond motifs is 1. The third-order valence-electron chi connectivity index (χ3n) is 5.99. The minimum absolute atomic E-state index is 0.0374. The van der Waals surface area contributed by atoms with Gasteiger partial charge in [0.2, 0.25) is 17.7 Å². The van der Waals surface area contributed by atoms with Crippen LogP contribution in [0.15, 0.2) is 64.2 Å². The number of rotatable bonds is 13. The van der Waals surface area contributed by atoms with Gasteiger partial charge >= 0.3 is 11.7 Å². The Morgan fingerprint density at radius 3 is 2.26 bits per heavy atom. The zero-order valence-corrected chi connectivity index (χ0v) is 21.9. The predicted octanol–water partition coefficient (Wildman–Crippen LogP) is 0.156. The van der Waals surface area contributed by atoms with Gasteiger partial charge < -0.3 is 26.5 Å². The molecule has 0 bridgehead atoms. The number of benzene rings is 2. The molecule has 0 aliphatic heterocycles. The van der Waals surface area contributed by atoms with Gasteiger partial charge in [-0.05, 0) is 36.1 Å². The second-order valence-electron chi connectivity index (χ2n) is 8.77. The summed E-state index contributed by atoms with van der Waals surface area (Å²) < 4.78 is 0.821. The molecule has 0 aliphatic rings. The number of nitrogens with one attached hydrogen (secondary N) is 3. The molecule has 206 valence electrons. The van der Waals surface area contributed by atoms with Crippen LogP contribution in [0.1, 0.15) is 24.4 Å². The number of amides is 3. The van der Waals surface area contributed by atoms with E-state index in [1.807, 2.05) is 0 Å². The number of thioether (sulfide) groups is 1. The number of H-pyrrole nitrogens is 1. The van der Waals surface area contributed by atoms with E-state index in [1.165, 1.54) is 17.8 Å². The first-order valence-electron chi connectivity index (χ1n) is 12.0. The minimum Gasteiger partial charge on any atom is -0.480 e. The number of aromatic nitrogens is 2. The summed E-state index contributed by atoms with van der Waals surface area (Å²) in [5.74, 6) is -3.60. The van der Waals surface area contributed by atoms with Crippen LogP contribution in [0.2, 0.25) is 0 Å². The van der Waals surface area contributed by atoms with Gasteiger partial charge in [-0.2, -0.15) is 11.8 Å². The normalized spacial score (nSPS) is 13.3. The van der Waals surface area contributed by atoms with Gasteiger partial charge in [-0.1, -0.05) is 42.5 Å². The third-order valence-corrected chi connectivity index (χ3v) is 6.63. The number of carbonyl (C=O) groups excluding carboxylic acids is 3. The van der Waals surface area contributed by atoms with E-state index >= 15 is 0 Å². The maximum Gasteiger partial charge on any atom is 0.329 e. The highest BCUT2D eigenvalue weighted by Crippen LogP contribution is 2.15. The van der Waals surface area contributed by atoms with Crippen molar-refractivity contribution < 1.29 is 24.3 Å². The molecular weight excluding hydrogens is 526 g/mol. The van der Waals surface area contributed by atoms with E-state index in [0.717, 1.165) is 4.57 Å². The Labute approximate surface area is 227 Å². The van der Waals surface area contributed by atoms with Crippen molar-refractivity contribution in [3.05, 3.63) is 81.0 Å². The van der Waals surface area contributed by atoms with Crippen LogP contribution in [0.5, 0.6) is 0 Å². The topological polar surface area (TPSA) is 193 Å². The number of carbonyl (C=O) groups is 4. The van der Waals surface area contributed by atoms with Crippen LogP contribution in [-0.2, 0) is 25.6 Å². The lowest BCUT2D eigenvalue weighted by Gasteiger charge is -2.24. The molecule has 3 amide bonds. The van der Waals surface area contributed by atoms with Crippen molar-refractivity contribution in [2.75, 3.05) is 12.0 Å². The average Bonchev–Trinajstić information content (AvgIpc) is 2.90. The molecule has 6 N–H and O–H groups in total. The van der Waals surface area contributed by atoms with Gasteiger partial charge in [0, 0.05) is 6.42 Å². The Bertz CT molecular complexity index is 1470. The number of nitrogens with two attached hydrogens (primary N) is 1. The lowest BCUT2D eigenvalue weighted by molar-refractivity contribution is -0.143. The molecule has 0 unspecified atom stereocenters. The lowest BCUT2D eigenvalue weighted by Crippen LogP contribution is -2.55. The third kappa shape index (κ3) is 7.57. The van der Waals surface area contributed by atoms with Crippen LogP contribution in [0.25, 0.3) is 10.9 Å². The summed E-state index contributed by atoms with van der Waals surface area (Å²) in [5, 5.41) is 14.4. The zero-order chi connectivity index (χ0) is 28.5. The van der Waals surface area contributed by atoms with E-state index in [0.29, 0.717) is 16.8 Å². The Balaban J connectivity index is 1.99. The first kappa shape index (κ1) is 29.2. The molecule has 1 aromatic heterocycles. The Hall–Kier alpha value is -4.39. The van der Waals surface area contributed by atoms with Gasteiger partial charge in [0.15, 0.2) is 0 Å². The van der Waals surface area contributed by atoms with Gasteiger partial charge in [0.25, 0.3) is 5.56 Å². The fourth-order valence-electron chi connectivity index (χ4n) is 4.04. The summed E-state index contributed by atoms with van der Waals surface area (Å²) in [5.41, 5.74) is 4.60. The van der Waals surface area contributed by atoms with Crippen LogP contribution in [-0.4, -0.2) is 62.4 Å². The largest absolute Gasteiger partial charge is 0.480 e. The Kier molecular flexibility index (Phi) is 10.0. The molecule has 0 saturated heterocycles. The fourth-order valence-corrected chi connectivity index (χ4v) is 4.52. The van der Waals surface area contributed by atoms with Gasteiger partial charge in [0.05, 0.1) is 17.3 Å². The van der Waals surface area contributed by atoms with Gasteiger partial charge in [-0.3, -0.25) is 19.2 Å². The molecule has 0 spiro atoms. The van der Waals surface area contributed by atoms with Crippen LogP contribution >= 0.6 is 11.8 Å². The summed E-state index contributed by atoms with van der Waals surface area (Å²) in [6.45, 7) is 0. The van der Waals surface area contributed by atoms with Crippen molar-refractivity contribution in [1.82, 2.24) is 20.2 Å². The lowest BCUT2D eigenvalue weighted by atomic mass is 10.0. The number of hydrogen-bond donors (Lipinski definition) is 5. The number of aliphatic carboxylic acids is 1. The molecule has 0 saturated carbocycles. The number of para-hydroxylation sites is 1. The molecule has 3 rings (SSSR count). The predicted molar refractivity (Wildman–Crippen MR) is 146 cm³/mol. The maximum atomic E-state index is 13.7. The summed E-state index contributed by atoms with van der Waals surface area (Å²) >= 11 is 1.39. The molecule has 1 heterocycles. The fraction of sp³-hybridized carbons (Fsp3) is 0.308. The van der Waals surface area contributed by atoms with Crippen molar-refractivity contribution in [3.8, 4) is 0 Å². The Morgan fingerprint density at radius 2 is 1.62 bits per heavy atom. The summed E-state index contributed by atoms with van der Waals surface area (Å²) in [7, 11) is 0. The van der Waals surface area contributed by atoms with E-state index < -0.39 is 59.5 Å². The average molecular weight is 556 g/mol. The Morgan fingerprint density at radius 1 is 0.974 bits per heavy atom. The van der Waals surface area contributed by atoms with Gasteiger partial charge in [-0.15, -0.1) is 0 Å². The molecule has 3 aromatic rings. The molecular formula is C26H29N5O7S. The SMILES string of the molecule is CSCC[C@H](NC(=O)[C@H](Cc1ccccc1)n1c(=O)[nH]c2ccccc2c1=O)C(=O)N[C@H](CC(N)=O)C(=O)O. The second kappa shape index (κ2) is 13.4. The van der Waals surface area contributed by atoms with E-state index in [1.54, 1.807) is 54.8 Å². The smallest absolute Gasteiger partial charge is 0.329 e. The molecule has 0 fully saturated rings. The molecule has 2 aromatic carbocycles. The van der Waals surface area contributed by atoms with Crippen molar-refractivity contribution in [2.45, 2.75) is 37.4 Å². The first-order chi connectivity index (χ1) is 18.6. The highest BCUT2D eigenvalue weighted by molar-refractivity contribution is 7.98. The molecule has 12 nitrogen and oxygen atoms in total. The molecule has 13 heteroatoms. The van der Waals surface area contributed by atoms with Crippen LogP contribution < -0.4 is 27.6 Å². The summed E-state index contributed by atoms with van der Waals surface area (Å²) in [6.07, 6.45) is 1.23. The van der Waals surface area contributed by atoms with Crippen molar-refractivity contribution in [1.29, 1.82) is 0 Å². The van der Waals surface area contributed by atoms with Crippen molar-refractivity contribution >= 4 is 46.4 Å². The highest BCUT2D eigenvalue weighted by Gasteiger charge is 2.31. The maximum absolute atomic E-state index is 13.7. The molecule has 0 radical (unpaired) electrons. The number of carboxylic acids is 1. The highest BCUT2D eigenvalue weighted by atomic mass is 32.2. The van der Waals surface area contributed by atoms with Crippen LogP contribution in [0.4, 0.5) is 0 Å². The number of nitrogens with zero attached hydrogens (tertiary/aromatic N) is 1. The summed E-state index contributed by atoms with van der Waals surface area (Å²) in [4.78, 5) is 78.5. The van der Waals surface area contributed by atoms with Crippen molar-refractivity contribution in [2.24, 2.45) is 5.73 Å². The summed E-state index contributed by atoms with van der Waals surface area (Å²) in [6, 6.07) is 11.0. The quantitative estimate of drug-likeness (QED) is 0.197. The second-order valence-corrected chi connectivity index (χ2v) is 9.75. The van der Waals surface area contributed by atoms with Crippen LogP contribution in [0, 0.1) is 0 Å². The number of aromatic amines is 1. The standard InChI is InChI=1S/C26H29N5O7S/c1-39-12-11-18(22(33)29-19(25(36)37)14-21(27)32)28-23(34)20(13-15-7-3-2-4-8-15)31-24(35)16-9-5-6-10-17(16)30-26(31)38/h2-10,18-20H,11-14H2,1H3,(H2,27,32)(H,28,34)(H,29,33)(H,30,38)(H,36,37)/t18-,19+,20-/m0/s1. The first-order valence-corrected chi connectivity index (χ1v) is 13.4.